The standard InChI is InChI=1S/C17H16N4O3/c1-10-8-11(2)19-17(18-10)20-15(22)12-9-14(24-3)13-6-4-5-7-21(13)16(12)23/h4-9H,1-3H3,(H,18,19,20,22). The number of aryl methyl sites for hydroxylation is 2. The second-order valence-electron chi connectivity index (χ2n) is 5.32. The number of nitrogens with zero attached hydrogens (tertiary/aromatic N) is 3. The summed E-state index contributed by atoms with van der Waals surface area (Å²) in [6.45, 7) is 3.61. The minimum Gasteiger partial charge on any atom is -0.495 e. The fourth-order valence-electron chi connectivity index (χ4n) is 2.49. The van der Waals surface area contributed by atoms with Gasteiger partial charge in [-0.15, -0.1) is 0 Å². The maximum absolute atomic E-state index is 12.6. The lowest BCUT2D eigenvalue weighted by Gasteiger charge is -2.10. The Labute approximate surface area is 138 Å². The number of fused-ring (bicyclic) bond motifs is 1. The zero-order valence-electron chi connectivity index (χ0n) is 13.5. The number of methoxy groups -OCH3 is 1. The van der Waals surface area contributed by atoms with E-state index < -0.39 is 11.5 Å². The topological polar surface area (TPSA) is 85.6 Å². The maximum atomic E-state index is 12.6. The smallest absolute Gasteiger partial charge is 0.268 e. The maximum Gasteiger partial charge on any atom is 0.268 e. The van der Waals surface area contributed by atoms with Crippen LogP contribution in [0.25, 0.3) is 5.52 Å². The van der Waals surface area contributed by atoms with Gasteiger partial charge < -0.3 is 4.74 Å². The molecule has 3 aromatic heterocycles. The molecule has 0 saturated carbocycles. The molecule has 0 unspecified atom stereocenters. The summed E-state index contributed by atoms with van der Waals surface area (Å²) in [6.07, 6.45) is 1.59. The van der Waals surface area contributed by atoms with Crippen LogP contribution in [0, 0.1) is 13.8 Å². The summed E-state index contributed by atoms with van der Waals surface area (Å²) in [5, 5.41) is 2.57. The van der Waals surface area contributed by atoms with Crippen LogP contribution in [0.5, 0.6) is 5.75 Å². The zero-order valence-corrected chi connectivity index (χ0v) is 13.5. The lowest BCUT2D eigenvalue weighted by atomic mass is 10.2. The number of aromatic nitrogens is 3. The summed E-state index contributed by atoms with van der Waals surface area (Å²) in [7, 11) is 1.49. The van der Waals surface area contributed by atoms with Crippen LogP contribution in [0.3, 0.4) is 0 Å². The van der Waals surface area contributed by atoms with Gasteiger partial charge in [-0.25, -0.2) is 9.97 Å². The molecule has 3 heterocycles. The lowest BCUT2D eigenvalue weighted by molar-refractivity contribution is 0.102. The highest BCUT2D eigenvalue weighted by atomic mass is 16.5. The Bertz CT molecular complexity index is 975. The molecule has 0 aromatic carbocycles. The molecule has 122 valence electrons. The molecule has 24 heavy (non-hydrogen) atoms. The fourth-order valence-corrected chi connectivity index (χ4v) is 2.49. The molecule has 0 radical (unpaired) electrons. The molecule has 0 saturated heterocycles. The average Bonchev–Trinajstić information content (AvgIpc) is 2.54. The highest BCUT2D eigenvalue weighted by Crippen LogP contribution is 2.19. The lowest BCUT2D eigenvalue weighted by Crippen LogP contribution is -2.27. The van der Waals surface area contributed by atoms with Gasteiger partial charge in [-0.2, -0.15) is 0 Å². The van der Waals surface area contributed by atoms with Crippen LogP contribution >= 0.6 is 0 Å². The van der Waals surface area contributed by atoms with Crippen LogP contribution in [0.2, 0.25) is 0 Å². The van der Waals surface area contributed by atoms with Crippen molar-refractivity contribution in [2.45, 2.75) is 13.8 Å². The van der Waals surface area contributed by atoms with E-state index in [1.165, 1.54) is 17.6 Å². The molecule has 0 aliphatic rings. The SMILES string of the molecule is COc1cc(C(=O)Nc2nc(C)cc(C)n2)c(=O)n2ccccc12. The van der Waals surface area contributed by atoms with Crippen LogP contribution in [0.15, 0.2) is 41.3 Å². The fraction of sp³-hybridized carbons (Fsp3) is 0.176. The highest BCUT2D eigenvalue weighted by Gasteiger charge is 2.17. The number of ether oxygens (including phenoxy) is 1. The van der Waals surface area contributed by atoms with Crippen LogP contribution in [0.4, 0.5) is 5.95 Å². The quantitative estimate of drug-likeness (QED) is 0.796. The summed E-state index contributed by atoms with van der Waals surface area (Å²) >= 11 is 0. The molecule has 1 amide bonds. The largest absolute Gasteiger partial charge is 0.495 e. The third kappa shape index (κ3) is 2.83. The Morgan fingerprint density at radius 2 is 1.88 bits per heavy atom. The first-order valence-corrected chi connectivity index (χ1v) is 7.31. The molecule has 0 spiro atoms. The van der Waals surface area contributed by atoms with Crippen molar-refractivity contribution in [1.29, 1.82) is 0 Å². The van der Waals surface area contributed by atoms with Crippen molar-refractivity contribution < 1.29 is 9.53 Å². The second-order valence-corrected chi connectivity index (χ2v) is 5.32. The van der Waals surface area contributed by atoms with Crippen molar-refractivity contribution in [3.8, 4) is 5.75 Å². The van der Waals surface area contributed by atoms with Crippen LogP contribution < -0.4 is 15.6 Å². The zero-order chi connectivity index (χ0) is 17.3. The van der Waals surface area contributed by atoms with Gasteiger partial charge in [0.05, 0.1) is 12.6 Å². The van der Waals surface area contributed by atoms with E-state index in [4.69, 9.17) is 4.74 Å². The minimum atomic E-state index is -0.582. The monoisotopic (exact) mass is 324 g/mol. The molecule has 7 heteroatoms. The van der Waals surface area contributed by atoms with E-state index in [1.54, 1.807) is 44.3 Å². The summed E-state index contributed by atoms with van der Waals surface area (Å²) in [5.41, 5.74) is 1.56. The van der Waals surface area contributed by atoms with Crippen molar-refractivity contribution in [2.75, 3.05) is 12.4 Å². The summed E-state index contributed by atoms with van der Waals surface area (Å²) < 4.78 is 6.66. The number of hydrogen-bond acceptors (Lipinski definition) is 5. The number of hydrogen-bond donors (Lipinski definition) is 1. The van der Waals surface area contributed by atoms with Gasteiger partial charge in [0.15, 0.2) is 0 Å². The number of carbonyl (C=O) groups excluding carboxylic acids is 1. The number of nitrogens with one attached hydrogen (secondary N) is 1. The van der Waals surface area contributed by atoms with E-state index in [-0.39, 0.29) is 11.5 Å². The van der Waals surface area contributed by atoms with Crippen molar-refractivity contribution in [1.82, 2.24) is 14.4 Å². The molecule has 0 fully saturated rings. The van der Waals surface area contributed by atoms with Crippen molar-refractivity contribution in [2.24, 2.45) is 0 Å². The van der Waals surface area contributed by atoms with Crippen molar-refractivity contribution >= 4 is 17.4 Å². The van der Waals surface area contributed by atoms with E-state index in [1.807, 2.05) is 0 Å². The van der Waals surface area contributed by atoms with Crippen molar-refractivity contribution in [3.05, 3.63) is 63.8 Å². The van der Waals surface area contributed by atoms with Crippen LogP contribution in [-0.4, -0.2) is 27.4 Å². The first kappa shape index (κ1) is 15.7. The minimum absolute atomic E-state index is 0.0432. The number of pyridine rings is 2. The Kier molecular flexibility index (Phi) is 3.99. The average molecular weight is 324 g/mol. The summed E-state index contributed by atoms with van der Waals surface area (Å²) in [4.78, 5) is 33.4. The van der Waals surface area contributed by atoms with E-state index in [0.717, 1.165) is 11.4 Å². The number of anilines is 1. The van der Waals surface area contributed by atoms with Gasteiger partial charge in [-0.1, -0.05) is 6.07 Å². The first-order chi connectivity index (χ1) is 11.5. The molecule has 1 N–H and O–H groups in total. The number of carbonyl (C=O) groups is 1. The third-order valence-electron chi connectivity index (χ3n) is 3.51. The molecule has 3 rings (SSSR count). The Hall–Kier alpha value is -3.22. The van der Waals surface area contributed by atoms with Gasteiger partial charge in [0, 0.05) is 23.7 Å². The van der Waals surface area contributed by atoms with Gasteiger partial charge in [-0.3, -0.25) is 19.3 Å². The summed E-state index contributed by atoms with van der Waals surface area (Å²) in [5.74, 6) is 0.0114. The second kappa shape index (κ2) is 6.11. The van der Waals surface area contributed by atoms with Gasteiger partial charge in [-0.05, 0) is 32.0 Å². The van der Waals surface area contributed by atoms with Crippen molar-refractivity contribution in [3.63, 3.8) is 0 Å². The molecule has 3 aromatic rings. The normalized spacial score (nSPS) is 10.6. The Balaban J connectivity index is 2.07. The highest BCUT2D eigenvalue weighted by molar-refractivity contribution is 6.03. The molecule has 7 nitrogen and oxygen atoms in total. The van der Waals surface area contributed by atoms with Gasteiger partial charge in [0.25, 0.3) is 11.5 Å². The third-order valence-corrected chi connectivity index (χ3v) is 3.51. The first-order valence-electron chi connectivity index (χ1n) is 7.31. The van der Waals surface area contributed by atoms with E-state index in [9.17, 15) is 9.59 Å². The predicted octanol–water partition coefficient (Wildman–Crippen LogP) is 1.97. The summed E-state index contributed by atoms with van der Waals surface area (Å²) in [6, 6.07) is 8.47. The molecule has 0 bridgehead atoms. The molecular formula is C17H16N4O3. The molecule has 0 aliphatic carbocycles. The van der Waals surface area contributed by atoms with Gasteiger partial charge >= 0.3 is 0 Å². The van der Waals surface area contributed by atoms with Gasteiger partial charge in [0.2, 0.25) is 5.95 Å². The Morgan fingerprint density at radius 1 is 1.17 bits per heavy atom. The van der Waals surface area contributed by atoms with E-state index >= 15 is 0 Å². The van der Waals surface area contributed by atoms with Crippen LogP contribution in [0.1, 0.15) is 21.7 Å². The molecular weight excluding hydrogens is 308 g/mol. The number of amides is 1. The van der Waals surface area contributed by atoms with Crippen LogP contribution in [-0.2, 0) is 0 Å². The van der Waals surface area contributed by atoms with E-state index in [2.05, 4.69) is 15.3 Å². The van der Waals surface area contributed by atoms with Gasteiger partial charge in [0.1, 0.15) is 11.3 Å². The molecule has 0 atom stereocenters. The predicted molar refractivity (Wildman–Crippen MR) is 89.7 cm³/mol. The van der Waals surface area contributed by atoms with E-state index in [0.29, 0.717) is 11.3 Å². The molecule has 0 aliphatic heterocycles. The number of rotatable bonds is 3. The Morgan fingerprint density at radius 3 is 2.54 bits per heavy atom.